The zero-order valence-corrected chi connectivity index (χ0v) is 13.9. The summed E-state index contributed by atoms with van der Waals surface area (Å²) in [5, 5.41) is 9.94. The second-order valence-electron chi connectivity index (χ2n) is 5.71. The number of nitrogens with zero attached hydrogens (tertiary/aromatic N) is 2. The second-order valence-corrected chi connectivity index (χ2v) is 6.62. The van der Waals surface area contributed by atoms with Gasteiger partial charge in [-0.25, -0.2) is 0 Å². The van der Waals surface area contributed by atoms with Crippen LogP contribution in [0.4, 0.5) is 0 Å². The van der Waals surface area contributed by atoms with Crippen LogP contribution in [-0.4, -0.2) is 48.6 Å². The van der Waals surface area contributed by atoms with Gasteiger partial charge in [0.05, 0.1) is 0 Å². The number of phenolic OH excluding ortho intramolecular Hbond substituents is 1. The Morgan fingerprint density at radius 2 is 1.89 bits per heavy atom. The molecule has 0 bridgehead atoms. The molecule has 0 aliphatic carbocycles. The van der Waals surface area contributed by atoms with E-state index in [1.165, 1.54) is 0 Å². The van der Waals surface area contributed by atoms with Crippen molar-refractivity contribution in [2.24, 2.45) is 5.92 Å². The third kappa shape index (κ3) is 6.41. The van der Waals surface area contributed by atoms with E-state index >= 15 is 0 Å². The van der Waals surface area contributed by atoms with E-state index in [9.17, 15) is 5.11 Å². The Kier molecular flexibility index (Phi) is 6.83. The molecule has 0 heterocycles. The lowest BCUT2D eigenvalue weighted by Crippen LogP contribution is -2.34. The molecular formula is C15H25BrN2O. The zero-order valence-electron chi connectivity index (χ0n) is 12.4. The molecule has 0 radical (unpaired) electrons. The van der Waals surface area contributed by atoms with Crippen molar-refractivity contribution < 1.29 is 5.11 Å². The quantitative estimate of drug-likeness (QED) is 0.832. The standard InChI is InChI=1S/C15H25BrN2O/c1-12(2)10-18(8-7-17(3)4)11-13-9-14(16)5-6-15(13)19/h5-6,9,12,19H,7-8,10-11H2,1-4H3. The van der Waals surface area contributed by atoms with Crippen molar-refractivity contribution >= 4 is 15.9 Å². The van der Waals surface area contributed by atoms with Crippen LogP contribution in [0.3, 0.4) is 0 Å². The van der Waals surface area contributed by atoms with Crippen LogP contribution in [0.2, 0.25) is 0 Å². The Balaban J connectivity index is 2.72. The van der Waals surface area contributed by atoms with E-state index in [0.717, 1.165) is 36.2 Å². The van der Waals surface area contributed by atoms with Gasteiger partial charge in [-0.1, -0.05) is 29.8 Å². The normalized spacial score (nSPS) is 11.8. The van der Waals surface area contributed by atoms with E-state index in [0.29, 0.717) is 11.7 Å². The van der Waals surface area contributed by atoms with E-state index in [4.69, 9.17) is 0 Å². The molecule has 0 fully saturated rings. The zero-order chi connectivity index (χ0) is 14.4. The fraction of sp³-hybridized carbons (Fsp3) is 0.600. The highest BCUT2D eigenvalue weighted by Gasteiger charge is 2.11. The Bertz CT molecular complexity index is 394. The summed E-state index contributed by atoms with van der Waals surface area (Å²) in [5.41, 5.74) is 0.980. The van der Waals surface area contributed by atoms with E-state index in [1.54, 1.807) is 6.07 Å². The molecule has 1 rings (SSSR count). The summed E-state index contributed by atoms with van der Waals surface area (Å²) in [6, 6.07) is 5.61. The first-order valence-electron chi connectivity index (χ1n) is 6.73. The van der Waals surface area contributed by atoms with E-state index in [-0.39, 0.29) is 0 Å². The molecule has 0 amide bonds. The lowest BCUT2D eigenvalue weighted by Gasteiger charge is -2.26. The SMILES string of the molecule is CC(C)CN(CCN(C)C)Cc1cc(Br)ccc1O. The van der Waals surface area contributed by atoms with Crippen molar-refractivity contribution in [2.45, 2.75) is 20.4 Å². The molecule has 108 valence electrons. The summed E-state index contributed by atoms with van der Waals surface area (Å²) in [4.78, 5) is 4.58. The first-order chi connectivity index (χ1) is 8.88. The van der Waals surface area contributed by atoms with E-state index < -0.39 is 0 Å². The minimum atomic E-state index is 0.377. The first-order valence-corrected chi connectivity index (χ1v) is 7.52. The highest BCUT2D eigenvalue weighted by molar-refractivity contribution is 9.10. The monoisotopic (exact) mass is 328 g/mol. The number of aromatic hydroxyl groups is 1. The Labute approximate surface area is 125 Å². The Hall–Kier alpha value is -0.580. The molecule has 0 aliphatic rings. The molecule has 3 nitrogen and oxygen atoms in total. The summed E-state index contributed by atoms with van der Waals surface area (Å²) in [5.74, 6) is 0.998. The number of hydrogen-bond acceptors (Lipinski definition) is 3. The van der Waals surface area contributed by atoms with Crippen LogP contribution in [0, 0.1) is 5.92 Å². The summed E-state index contributed by atoms with van der Waals surface area (Å²) in [6.07, 6.45) is 0. The van der Waals surface area contributed by atoms with E-state index in [1.807, 2.05) is 12.1 Å². The van der Waals surface area contributed by atoms with Gasteiger partial charge in [-0.05, 0) is 38.2 Å². The van der Waals surface area contributed by atoms with Gasteiger partial charge in [0.2, 0.25) is 0 Å². The lowest BCUT2D eigenvalue weighted by atomic mass is 10.1. The topological polar surface area (TPSA) is 26.7 Å². The summed E-state index contributed by atoms with van der Waals surface area (Å²) in [6.45, 7) is 8.32. The Morgan fingerprint density at radius 1 is 1.21 bits per heavy atom. The van der Waals surface area contributed by atoms with Crippen LogP contribution < -0.4 is 0 Å². The van der Waals surface area contributed by atoms with Crippen LogP contribution in [0.15, 0.2) is 22.7 Å². The number of halogens is 1. The average molecular weight is 329 g/mol. The van der Waals surface area contributed by atoms with Crippen molar-refractivity contribution in [3.05, 3.63) is 28.2 Å². The molecule has 0 saturated carbocycles. The van der Waals surface area contributed by atoms with Gasteiger partial charge in [-0.15, -0.1) is 0 Å². The molecule has 19 heavy (non-hydrogen) atoms. The smallest absolute Gasteiger partial charge is 0.120 e. The number of phenols is 1. The summed E-state index contributed by atoms with van der Waals surface area (Å²) >= 11 is 3.46. The molecule has 4 heteroatoms. The first kappa shape index (κ1) is 16.5. The maximum absolute atomic E-state index is 9.94. The number of hydrogen-bond donors (Lipinski definition) is 1. The van der Waals surface area contributed by atoms with Gasteiger partial charge in [0, 0.05) is 36.2 Å². The third-order valence-electron chi connectivity index (χ3n) is 2.92. The van der Waals surface area contributed by atoms with Crippen LogP contribution >= 0.6 is 15.9 Å². The van der Waals surface area contributed by atoms with Crippen molar-refractivity contribution in [2.75, 3.05) is 33.7 Å². The largest absolute Gasteiger partial charge is 0.508 e. The second kappa shape index (κ2) is 7.88. The molecule has 0 spiro atoms. The Morgan fingerprint density at radius 3 is 2.47 bits per heavy atom. The van der Waals surface area contributed by atoms with Gasteiger partial charge in [0.1, 0.15) is 5.75 Å². The van der Waals surface area contributed by atoms with Crippen molar-refractivity contribution in [1.29, 1.82) is 0 Å². The van der Waals surface area contributed by atoms with Crippen LogP contribution in [0.25, 0.3) is 0 Å². The molecule has 0 saturated heterocycles. The van der Waals surface area contributed by atoms with Crippen LogP contribution in [-0.2, 0) is 6.54 Å². The van der Waals surface area contributed by atoms with Gasteiger partial charge in [-0.3, -0.25) is 4.90 Å². The predicted molar refractivity (Wildman–Crippen MR) is 84.5 cm³/mol. The summed E-state index contributed by atoms with van der Waals surface area (Å²) in [7, 11) is 4.17. The molecule has 0 aromatic heterocycles. The molecule has 1 N–H and O–H groups in total. The highest BCUT2D eigenvalue weighted by Crippen LogP contribution is 2.23. The van der Waals surface area contributed by atoms with Crippen LogP contribution in [0.1, 0.15) is 19.4 Å². The number of likely N-dealkylation sites (N-methyl/N-ethyl adjacent to an activating group) is 1. The lowest BCUT2D eigenvalue weighted by molar-refractivity contribution is 0.210. The van der Waals surface area contributed by atoms with Gasteiger partial charge in [0.25, 0.3) is 0 Å². The van der Waals surface area contributed by atoms with Gasteiger partial charge < -0.3 is 10.0 Å². The maximum atomic E-state index is 9.94. The minimum Gasteiger partial charge on any atom is -0.508 e. The number of rotatable bonds is 7. The number of benzene rings is 1. The average Bonchev–Trinajstić information content (AvgIpc) is 2.30. The van der Waals surface area contributed by atoms with Gasteiger partial charge in [0.15, 0.2) is 0 Å². The molecule has 0 atom stereocenters. The third-order valence-corrected chi connectivity index (χ3v) is 3.42. The molecule has 1 aromatic carbocycles. The summed E-state index contributed by atoms with van der Waals surface area (Å²) < 4.78 is 1.01. The van der Waals surface area contributed by atoms with Crippen molar-refractivity contribution in [3.8, 4) is 5.75 Å². The van der Waals surface area contributed by atoms with Crippen LogP contribution in [0.5, 0.6) is 5.75 Å². The molecule has 0 unspecified atom stereocenters. The molecule has 0 aliphatic heterocycles. The predicted octanol–water partition coefficient (Wildman–Crippen LogP) is 3.17. The maximum Gasteiger partial charge on any atom is 0.120 e. The fourth-order valence-electron chi connectivity index (χ4n) is 2.01. The van der Waals surface area contributed by atoms with Gasteiger partial charge >= 0.3 is 0 Å². The highest BCUT2D eigenvalue weighted by atomic mass is 79.9. The van der Waals surface area contributed by atoms with Crippen molar-refractivity contribution in [1.82, 2.24) is 9.80 Å². The van der Waals surface area contributed by atoms with Gasteiger partial charge in [-0.2, -0.15) is 0 Å². The van der Waals surface area contributed by atoms with E-state index in [2.05, 4.69) is 53.7 Å². The molecule has 1 aromatic rings. The molecular weight excluding hydrogens is 304 g/mol. The fourth-order valence-corrected chi connectivity index (χ4v) is 2.42. The van der Waals surface area contributed by atoms with Crippen molar-refractivity contribution in [3.63, 3.8) is 0 Å². The minimum absolute atomic E-state index is 0.377.